The number of benzene rings is 12. The number of rotatable bonds is 6. The van der Waals surface area contributed by atoms with E-state index in [1.807, 2.05) is 0 Å². The fourth-order valence-electron chi connectivity index (χ4n) is 14.0. The predicted octanol–water partition coefficient (Wildman–Crippen LogP) is 19.4. The molecule has 12 aromatic carbocycles. The minimum Gasteiger partial charge on any atom is -0.310 e. The molecular formula is C74H50N2. The van der Waals surface area contributed by atoms with Crippen LogP contribution in [0.3, 0.4) is 0 Å². The summed E-state index contributed by atoms with van der Waals surface area (Å²) >= 11 is 0. The Labute approximate surface area is 443 Å². The smallest absolute Gasteiger partial charge is 0.0754 e. The molecule has 2 aliphatic carbocycles. The zero-order valence-electron chi connectivity index (χ0n) is 42.3. The summed E-state index contributed by atoms with van der Waals surface area (Å²) in [6.45, 7) is 4.74. The summed E-state index contributed by atoms with van der Waals surface area (Å²) in [5, 5.41) is 4.97. The molecule has 0 saturated carbocycles. The van der Waals surface area contributed by atoms with Gasteiger partial charge in [0.15, 0.2) is 0 Å². The van der Waals surface area contributed by atoms with Crippen LogP contribution < -0.4 is 4.90 Å². The van der Waals surface area contributed by atoms with Gasteiger partial charge in [-0.2, -0.15) is 0 Å². The van der Waals surface area contributed by atoms with E-state index in [1.165, 1.54) is 127 Å². The van der Waals surface area contributed by atoms with E-state index in [4.69, 9.17) is 0 Å². The monoisotopic (exact) mass is 966 g/mol. The Bertz CT molecular complexity index is 4570. The summed E-state index contributed by atoms with van der Waals surface area (Å²) in [5.41, 5.74) is 27.0. The lowest BCUT2D eigenvalue weighted by molar-refractivity contribution is 0.660. The zero-order chi connectivity index (χ0) is 50.3. The highest BCUT2D eigenvalue weighted by Gasteiger charge is 2.51. The van der Waals surface area contributed by atoms with Gasteiger partial charge in [-0.25, -0.2) is 0 Å². The van der Waals surface area contributed by atoms with Crippen LogP contribution in [-0.2, 0) is 10.8 Å². The van der Waals surface area contributed by atoms with Crippen LogP contribution in [0.15, 0.2) is 267 Å². The highest BCUT2D eigenvalue weighted by atomic mass is 15.1. The molecule has 0 amide bonds. The number of anilines is 3. The van der Waals surface area contributed by atoms with Crippen molar-refractivity contribution in [3.05, 3.63) is 300 Å². The molecule has 1 atom stereocenters. The van der Waals surface area contributed by atoms with E-state index in [0.29, 0.717) is 0 Å². The summed E-state index contributed by atoms with van der Waals surface area (Å²) in [6.07, 6.45) is 0. The predicted molar refractivity (Wildman–Crippen MR) is 318 cm³/mol. The average molecular weight is 967 g/mol. The molecule has 13 aromatic rings. The molecule has 1 unspecified atom stereocenters. The Morgan fingerprint density at radius 1 is 0.316 bits per heavy atom. The lowest BCUT2D eigenvalue weighted by Crippen LogP contribution is -2.33. The lowest BCUT2D eigenvalue weighted by Gasteiger charge is -2.39. The highest BCUT2D eigenvalue weighted by Crippen LogP contribution is 2.62. The summed E-state index contributed by atoms with van der Waals surface area (Å²) < 4.78 is 2.52. The maximum absolute atomic E-state index is 2.52. The summed E-state index contributed by atoms with van der Waals surface area (Å²) in [7, 11) is 0. The molecule has 356 valence electrons. The van der Waals surface area contributed by atoms with Gasteiger partial charge in [-0.1, -0.05) is 226 Å². The third-order valence-electron chi connectivity index (χ3n) is 17.4. The van der Waals surface area contributed by atoms with Gasteiger partial charge in [-0.05, 0) is 149 Å². The van der Waals surface area contributed by atoms with Gasteiger partial charge in [0, 0.05) is 33.1 Å². The second kappa shape index (κ2) is 16.0. The molecule has 0 N–H and O–H groups in total. The van der Waals surface area contributed by atoms with Crippen LogP contribution in [0.5, 0.6) is 0 Å². The number of para-hydroxylation sites is 4. The maximum atomic E-state index is 2.52. The Morgan fingerprint density at radius 3 is 1.72 bits per heavy atom. The Balaban J connectivity index is 0.860. The largest absolute Gasteiger partial charge is 0.310 e. The Kier molecular flexibility index (Phi) is 9.04. The van der Waals surface area contributed by atoms with Crippen molar-refractivity contribution in [3.8, 4) is 61.3 Å². The van der Waals surface area contributed by atoms with Crippen LogP contribution in [0.2, 0.25) is 0 Å². The average Bonchev–Trinajstić information content (AvgIpc) is 4.27. The van der Waals surface area contributed by atoms with Crippen LogP contribution >= 0.6 is 0 Å². The molecule has 0 fully saturated rings. The molecule has 0 bridgehead atoms. The lowest BCUT2D eigenvalue weighted by atomic mass is 9.65. The van der Waals surface area contributed by atoms with Crippen molar-refractivity contribution in [1.29, 1.82) is 0 Å². The molecule has 2 heterocycles. The molecule has 76 heavy (non-hydrogen) atoms. The number of fused-ring (bicyclic) bond motifs is 16. The van der Waals surface area contributed by atoms with Gasteiger partial charge in [-0.15, -0.1) is 0 Å². The van der Waals surface area contributed by atoms with Gasteiger partial charge >= 0.3 is 0 Å². The summed E-state index contributed by atoms with van der Waals surface area (Å²) in [5.74, 6) is 0. The number of nitrogens with zero attached hydrogens (tertiary/aromatic N) is 2. The Morgan fingerprint density at radius 2 is 0.868 bits per heavy atom. The van der Waals surface area contributed by atoms with E-state index < -0.39 is 5.41 Å². The summed E-state index contributed by atoms with van der Waals surface area (Å²) in [6, 6.07) is 100. The van der Waals surface area contributed by atoms with Crippen LogP contribution in [-0.4, -0.2) is 4.57 Å². The standard InChI is InChI=1S/C74H50N2/c1-73(2)63-28-12-8-23-56(63)58-42-40-53(46-67(58)73)75(69-32-15-10-25-60(69)55-22-7-6-21-54(55)47-19-4-3-5-20-47)52-39-37-49-43-48(35-36-50(49)44-52)51-38-41-59-57-24-9-13-29-64(57)74(68(59)45-51)65-30-14-17-34-71(65)76-70-33-16-11-26-61(70)62-27-18-31-66(74)72(62)76/h3-46H,1-2H3. The Hall–Kier alpha value is -9.50. The number of hydrogen-bond acceptors (Lipinski definition) is 1. The van der Waals surface area contributed by atoms with Gasteiger partial charge in [0.05, 0.1) is 27.8 Å². The topological polar surface area (TPSA) is 8.17 Å². The molecule has 0 radical (unpaired) electrons. The van der Waals surface area contributed by atoms with E-state index in [1.54, 1.807) is 0 Å². The van der Waals surface area contributed by atoms with Crippen molar-refractivity contribution in [2.75, 3.05) is 4.90 Å². The third kappa shape index (κ3) is 5.87. The molecule has 2 nitrogen and oxygen atoms in total. The molecular weight excluding hydrogens is 917 g/mol. The normalized spacial score (nSPS) is 15.1. The molecule has 1 aromatic heterocycles. The van der Waals surface area contributed by atoms with Gasteiger partial charge < -0.3 is 9.47 Å². The van der Waals surface area contributed by atoms with Gasteiger partial charge in [0.2, 0.25) is 0 Å². The SMILES string of the molecule is CC1(C)c2ccccc2-c2ccc(N(c3ccc4cc(-c5ccc6c(c5)C5(c7ccccc7-6)c6ccccc6-n6c7ccccc7c7cccc5c76)ccc4c3)c3ccccc3-c3ccccc3-c3ccccc3)cc21. The van der Waals surface area contributed by atoms with Gasteiger partial charge in [0.25, 0.3) is 0 Å². The zero-order valence-corrected chi connectivity index (χ0v) is 42.3. The van der Waals surface area contributed by atoms with Gasteiger partial charge in [-0.3, -0.25) is 0 Å². The van der Waals surface area contributed by atoms with Crippen molar-refractivity contribution in [1.82, 2.24) is 4.57 Å². The van der Waals surface area contributed by atoms with E-state index in [2.05, 4.69) is 290 Å². The molecule has 3 aliphatic rings. The van der Waals surface area contributed by atoms with Crippen LogP contribution in [0, 0.1) is 0 Å². The fourth-order valence-corrected chi connectivity index (χ4v) is 14.0. The third-order valence-corrected chi connectivity index (χ3v) is 17.4. The first-order valence-corrected chi connectivity index (χ1v) is 26.7. The molecule has 2 heteroatoms. The quantitative estimate of drug-likeness (QED) is 0.161. The molecule has 1 spiro atoms. The first-order valence-electron chi connectivity index (χ1n) is 26.7. The fraction of sp³-hybridized carbons (Fsp3) is 0.0541. The van der Waals surface area contributed by atoms with Crippen molar-refractivity contribution in [3.63, 3.8) is 0 Å². The van der Waals surface area contributed by atoms with E-state index in [-0.39, 0.29) is 5.41 Å². The first-order chi connectivity index (χ1) is 37.5. The van der Waals surface area contributed by atoms with Crippen LogP contribution in [0.4, 0.5) is 17.1 Å². The van der Waals surface area contributed by atoms with Crippen molar-refractivity contribution < 1.29 is 0 Å². The van der Waals surface area contributed by atoms with Crippen molar-refractivity contribution >= 4 is 49.6 Å². The second-order valence-corrected chi connectivity index (χ2v) is 21.5. The number of aromatic nitrogens is 1. The first kappa shape index (κ1) is 43.0. The molecule has 16 rings (SSSR count). The van der Waals surface area contributed by atoms with Crippen molar-refractivity contribution in [2.24, 2.45) is 0 Å². The maximum Gasteiger partial charge on any atom is 0.0754 e. The number of hydrogen-bond donors (Lipinski definition) is 0. The summed E-state index contributed by atoms with van der Waals surface area (Å²) in [4.78, 5) is 2.49. The van der Waals surface area contributed by atoms with Crippen LogP contribution in [0.1, 0.15) is 47.2 Å². The van der Waals surface area contributed by atoms with E-state index in [0.717, 1.165) is 17.1 Å². The minimum atomic E-state index is -0.509. The second-order valence-electron chi connectivity index (χ2n) is 21.5. The molecule has 0 saturated heterocycles. The highest BCUT2D eigenvalue weighted by molar-refractivity contribution is 6.13. The molecule has 1 aliphatic heterocycles. The van der Waals surface area contributed by atoms with Crippen LogP contribution in [0.25, 0.3) is 93.9 Å². The van der Waals surface area contributed by atoms with E-state index >= 15 is 0 Å². The van der Waals surface area contributed by atoms with E-state index in [9.17, 15) is 0 Å². The minimum absolute atomic E-state index is 0.152. The van der Waals surface area contributed by atoms with Crippen molar-refractivity contribution in [2.45, 2.75) is 24.7 Å². The van der Waals surface area contributed by atoms with Gasteiger partial charge in [0.1, 0.15) is 0 Å².